The van der Waals surface area contributed by atoms with Gasteiger partial charge in [0.05, 0.1) is 29.1 Å². The third-order valence-corrected chi connectivity index (χ3v) is 3.40. The van der Waals surface area contributed by atoms with Gasteiger partial charge in [0.1, 0.15) is 5.82 Å². The van der Waals surface area contributed by atoms with Gasteiger partial charge >= 0.3 is 0 Å². The number of imidazole rings is 1. The molecular formula is C14H19ClN2O. The number of hydrogen-bond acceptors (Lipinski definition) is 2. The Morgan fingerprint density at radius 3 is 2.72 bits per heavy atom. The van der Waals surface area contributed by atoms with Crippen LogP contribution in [0.4, 0.5) is 0 Å². The van der Waals surface area contributed by atoms with Gasteiger partial charge in [0.15, 0.2) is 0 Å². The van der Waals surface area contributed by atoms with Crippen LogP contribution in [0.25, 0.3) is 11.0 Å². The van der Waals surface area contributed by atoms with Gasteiger partial charge in [0.2, 0.25) is 0 Å². The molecule has 0 aliphatic carbocycles. The maximum atomic E-state index is 6.23. The summed E-state index contributed by atoms with van der Waals surface area (Å²) in [5.41, 5.74) is 3.33. The number of hydrogen-bond donors (Lipinski definition) is 0. The Balaban J connectivity index is 2.59. The largest absolute Gasteiger partial charge is 0.380 e. The second-order valence-corrected chi connectivity index (χ2v) is 5.34. The van der Waals surface area contributed by atoms with Crippen LogP contribution in [0.5, 0.6) is 0 Å². The summed E-state index contributed by atoms with van der Waals surface area (Å²) in [6, 6.07) is 6.21. The zero-order valence-electron chi connectivity index (χ0n) is 11.3. The second kappa shape index (κ2) is 5.29. The number of nitrogens with zero attached hydrogens (tertiary/aromatic N) is 2. The number of methoxy groups -OCH3 is 1. The van der Waals surface area contributed by atoms with Gasteiger partial charge in [-0.2, -0.15) is 0 Å². The second-order valence-electron chi connectivity index (χ2n) is 4.69. The topological polar surface area (TPSA) is 27.1 Å². The summed E-state index contributed by atoms with van der Waals surface area (Å²) in [7, 11) is 1.72. The van der Waals surface area contributed by atoms with Crippen LogP contribution in [-0.4, -0.2) is 22.8 Å². The van der Waals surface area contributed by atoms with Crippen molar-refractivity contribution < 1.29 is 4.74 Å². The van der Waals surface area contributed by atoms with Crippen LogP contribution in [0, 0.1) is 6.92 Å². The lowest BCUT2D eigenvalue weighted by Gasteiger charge is -2.15. The van der Waals surface area contributed by atoms with Gasteiger partial charge < -0.3 is 9.30 Å². The molecule has 1 aromatic heterocycles. The molecule has 0 fully saturated rings. The maximum absolute atomic E-state index is 6.23. The predicted octanol–water partition coefficient (Wildman–Crippen LogP) is 3.68. The van der Waals surface area contributed by atoms with Gasteiger partial charge in [0.25, 0.3) is 0 Å². The molecule has 2 rings (SSSR count). The van der Waals surface area contributed by atoms with Gasteiger partial charge in [0, 0.05) is 7.11 Å². The molecule has 0 bridgehead atoms. The van der Waals surface area contributed by atoms with E-state index in [9.17, 15) is 0 Å². The number of alkyl halides is 1. The number of aromatic nitrogens is 2. The molecule has 2 atom stereocenters. The minimum Gasteiger partial charge on any atom is -0.380 e. The number of ether oxygens (including phenoxy) is 1. The van der Waals surface area contributed by atoms with E-state index in [2.05, 4.69) is 34.7 Å². The molecule has 0 saturated heterocycles. The van der Waals surface area contributed by atoms with Crippen LogP contribution in [0.2, 0.25) is 0 Å². The van der Waals surface area contributed by atoms with Gasteiger partial charge in [-0.25, -0.2) is 4.98 Å². The third kappa shape index (κ3) is 2.38. The molecule has 0 aliphatic heterocycles. The van der Waals surface area contributed by atoms with E-state index < -0.39 is 0 Å². The Bertz CT molecular complexity index is 548. The van der Waals surface area contributed by atoms with E-state index >= 15 is 0 Å². The molecule has 0 N–H and O–H groups in total. The Kier molecular flexibility index (Phi) is 3.93. The van der Waals surface area contributed by atoms with E-state index in [-0.39, 0.29) is 11.5 Å². The van der Waals surface area contributed by atoms with Gasteiger partial charge in [-0.3, -0.25) is 0 Å². The molecule has 0 amide bonds. The highest BCUT2D eigenvalue weighted by atomic mass is 35.5. The number of benzene rings is 1. The van der Waals surface area contributed by atoms with Crippen molar-refractivity contribution >= 4 is 22.6 Å². The first-order valence-electron chi connectivity index (χ1n) is 6.17. The summed E-state index contributed by atoms with van der Waals surface area (Å²) in [6.45, 7) is 6.83. The van der Waals surface area contributed by atoms with Crippen molar-refractivity contribution in [1.29, 1.82) is 0 Å². The first-order valence-corrected chi connectivity index (χ1v) is 6.60. The summed E-state index contributed by atoms with van der Waals surface area (Å²) in [5.74, 6) is 0.907. The molecule has 0 aliphatic rings. The Hall–Kier alpha value is -1.06. The SMILES string of the molecule is COC(C)Cn1c(C(C)Cl)nc2c(C)cccc21. The summed E-state index contributed by atoms with van der Waals surface area (Å²) in [4.78, 5) is 4.67. The van der Waals surface area contributed by atoms with Crippen molar-refractivity contribution in [1.82, 2.24) is 9.55 Å². The fourth-order valence-electron chi connectivity index (χ4n) is 2.13. The molecule has 2 aromatic rings. The van der Waals surface area contributed by atoms with E-state index in [1.165, 1.54) is 5.56 Å². The molecule has 3 nitrogen and oxygen atoms in total. The highest BCUT2D eigenvalue weighted by Crippen LogP contribution is 2.26. The van der Waals surface area contributed by atoms with E-state index in [1.54, 1.807) is 7.11 Å². The van der Waals surface area contributed by atoms with Crippen LogP contribution < -0.4 is 0 Å². The number of halogens is 1. The van der Waals surface area contributed by atoms with Crippen LogP contribution in [0.1, 0.15) is 30.6 Å². The van der Waals surface area contributed by atoms with Crippen LogP contribution in [-0.2, 0) is 11.3 Å². The minimum atomic E-state index is -0.110. The van der Waals surface area contributed by atoms with Crippen molar-refractivity contribution in [3.63, 3.8) is 0 Å². The number of aryl methyl sites for hydroxylation is 1. The normalized spacial score (nSPS) is 14.9. The zero-order valence-corrected chi connectivity index (χ0v) is 12.0. The molecule has 2 unspecified atom stereocenters. The van der Waals surface area contributed by atoms with E-state index in [1.807, 2.05) is 13.8 Å². The van der Waals surface area contributed by atoms with Crippen molar-refractivity contribution in [3.8, 4) is 0 Å². The zero-order chi connectivity index (χ0) is 13.3. The van der Waals surface area contributed by atoms with Crippen molar-refractivity contribution in [2.75, 3.05) is 7.11 Å². The van der Waals surface area contributed by atoms with Gasteiger partial charge in [-0.05, 0) is 32.4 Å². The fourth-order valence-corrected chi connectivity index (χ4v) is 2.30. The molecule has 98 valence electrons. The predicted molar refractivity (Wildman–Crippen MR) is 75.2 cm³/mol. The number of rotatable bonds is 4. The number of fused-ring (bicyclic) bond motifs is 1. The monoisotopic (exact) mass is 266 g/mol. The maximum Gasteiger partial charge on any atom is 0.127 e. The van der Waals surface area contributed by atoms with Crippen LogP contribution in [0.3, 0.4) is 0 Å². The molecular weight excluding hydrogens is 248 g/mol. The fraction of sp³-hybridized carbons (Fsp3) is 0.500. The standard InChI is InChI=1S/C14H19ClN2O/c1-9-6-5-7-12-13(9)16-14(11(3)15)17(12)8-10(2)18-4/h5-7,10-11H,8H2,1-4H3. The minimum absolute atomic E-state index is 0.110. The Morgan fingerprint density at radius 1 is 1.39 bits per heavy atom. The van der Waals surface area contributed by atoms with E-state index in [4.69, 9.17) is 16.3 Å². The molecule has 4 heteroatoms. The first-order chi connectivity index (χ1) is 8.54. The van der Waals surface area contributed by atoms with Crippen molar-refractivity contribution in [2.24, 2.45) is 0 Å². The average Bonchev–Trinajstić information content (AvgIpc) is 2.70. The van der Waals surface area contributed by atoms with E-state index in [0.29, 0.717) is 0 Å². The summed E-state index contributed by atoms with van der Waals surface area (Å²) >= 11 is 6.23. The third-order valence-electron chi connectivity index (χ3n) is 3.21. The summed E-state index contributed by atoms with van der Waals surface area (Å²) in [5, 5.41) is -0.110. The van der Waals surface area contributed by atoms with Gasteiger partial charge in [-0.15, -0.1) is 11.6 Å². The Morgan fingerprint density at radius 2 is 2.11 bits per heavy atom. The van der Waals surface area contributed by atoms with E-state index in [0.717, 1.165) is 23.4 Å². The smallest absolute Gasteiger partial charge is 0.127 e. The molecule has 0 radical (unpaired) electrons. The molecule has 0 spiro atoms. The van der Waals surface area contributed by atoms with Crippen molar-refractivity contribution in [3.05, 3.63) is 29.6 Å². The quantitative estimate of drug-likeness (QED) is 0.790. The molecule has 1 heterocycles. The first kappa shape index (κ1) is 13.4. The highest BCUT2D eigenvalue weighted by Gasteiger charge is 2.17. The van der Waals surface area contributed by atoms with Crippen LogP contribution >= 0.6 is 11.6 Å². The highest BCUT2D eigenvalue weighted by molar-refractivity contribution is 6.20. The lowest BCUT2D eigenvalue weighted by molar-refractivity contribution is 0.103. The van der Waals surface area contributed by atoms with Gasteiger partial charge in [-0.1, -0.05) is 12.1 Å². The van der Waals surface area contributed by atoms with Crippen LogP contribution in [0.15, 0.2) is 18.2 Å². The summed E-state index contributed by atoms with van der Waals surface area (Å²) in [6.07, 6.45) is 0.136. The molecule has 1 aromatic carbocycles. The molecule has 18 heavy (non-hydrogen) atoms. The lowest BCUT2D eigenvalue weighted by atomic mass is 10.2. The lowest BCUT2D eigenvalue weighted by Crippen LogP contribution is -2.16. The Labute approximate surface area is 113 Å². The van der Waals surface area contributed by atoms with Crippen molar-refractivity contribution in [2.45, 2.75) is 38.8 Å². The summed E-state index contributed by atoms with van der Waals surface area (Å²) < 4.78 is 7.51. The number of para-hydroxylation sites is 1. The average molecular weight is 267 g/mol. The molecule has 0 saturated carbocycles.